The van der Waals surface area contributed by atoms with E-state index in [1.807, 2.05) is 24.3 Å². The number of aliphatic hydroxyl groups is 2. The Hall–Kier alpha value is -2.06. The van der Waals surface area contributed by atoms with E-state index in [4.69, 9.17) is 16.3 Å². The van der Waals surface area contributed by atoms with Crippen LogP contribution in [-0.4, -0.2) is 41.9 Å². The molecule has 3 aromatic rings. The van der Waals surface area contributed by atoms with E-state index in [0.717, 1.165) is 11.1 Å². The fraction of sp³-hybridized carbons (Fsp3) is 0.312. The molecule has 24 heavy (non-hydrogen) atoms. The lowest BCUT2D eigenvalue weighted by atomic mass is 9.78. The van der Waals surface area contributed by atoms with Crippen LogP contribution in [0, 0.1) is 0 Å². The van der Waals surface area contributed by atoms with Crippen molar-refractivity contribution in [3.63, 3.8) is 0 Å². The van der Waals surface area contributed by atoms with Gasteiger partial charge in [0.05, 0.1) is 12.9 Å². The summed E-state index contributed by atoms with van der Waals surface area (Å²) in [4.78, 5) is 12.4. The molecule has 2 N–H and O–H groups in total. The maximum absolute atomic E-state index is 10.6. The van der Waals surface area contributed by atoms with Gasteiger partial charge in [-0.05, 0) is 11.1 Å². The van der Waals surface area contributed by atoms with E-state index < -0.39 is 23.9 Å². The number of ether oxygens (including phenoxy) is 1. The minimum atomic E-state index is -1.04. The summed E-state index contributed by atoms with van der Waals surface area (Å²) in [6.45, 7) is 0.266. The van der Waals surface area contributed by atoms with Gasteiger partial charge in [0.1, 0.15) is 35.8 Å². The van der Waals surface area contributed by atoms with Crippen molar-refractivity contribution in [3.8, 4) is 0 Å². The molecule has 0 radical (unpaired) electrons. The largest absolute Gasteiger partial charge is 0.387 e. The molecule has 0 unspecified atom stereocenters. The molecule has 5 rings (SSSR count). The van der Waals surface area contributed by atoms with Gasteiger partial charge in [-0.15, -0.1) is 0 Å². The van der Waals surface area contributed by atoms with Gasteiger partial charge in [0, 0.05) is 0 Å². The van der Waals surface area contributed by atoms with Crippen molar-refractivity contribution in [2.24, 2.45) is 0 Å². The van der Waals surface area contributed by atoms with Crippen LogP contribution in [0.5, 0.6) is 0 Å². The molecule has 2 aliphatic heterocycles. The van der Waals surface area contributed by atoms with Crippen LogP contribution in [-0.2, 0) is 16.9 Å². The number of nitrogens with zero attached hydrogens (tertiary/aromatic N) is 4. The highest BCUT2D eigenvalue weighted by molar-refractivity contribution is 6.33. The molecule has 7 nitrogen and oxygen atoms in total. The quantitative estimate of drug-likeness (QED) is 0.678. The number of benzene rings is 1. The Morgan fingerprint density at radius 2 is 2.04 bits per heavy atom. The van der Waals surface area contributed by atoms with E-state index in [9.17, 15) is 10.2 Å². The summed E-state index contributed by atoms with van der Waals surface area (Å²) in [6, 6.07) is 7.64. The van der Waals surface area contributed by atoms with E-state index in [1.165, 1.54) is 6.33 Å². The Bertz CT molecular complexity index is 961. The number of fused-ring (bicyclic) bond motifs is 6. The maximum atomic E-state index is 10.6. The van der Waals surface area contributed by atoms with Gasteiger partial charge in [0.25, 0.3) is 0 Å². The molecule has 8 heteroatoms. The van der Waals surface area contributed by atoms with Crippen molar-refractivity contribution in [3.05, 3.63) is 53.2 Å². The predicted molar refractivity (Wildman–Crippen MR) is 84.3 cm³/mol. The average Bonchev–Trinajstić information content (AvgIpc) is 3.22. The number of hydrogen-bond donors (Lipinski definition) is 2. The predicted octanol–water partition coefficient (Wildman–Crippen LogP) is 1.18. The highest BCUT2D eigenvalue weighted by Gasteiger charge is 2.62. The van der Waals surface area contributed by atoms with E-state index in [1.54, 1.807) is 10.9 Å². The molecule has 1 saturated heterocycles. The van der Waals surface area contributed by atoms with Crippen LogP contribution in [0.25, 0.3) is 11.2 Å². The normalized spacial score (nSPS) is 30.9. The molecule has 1 aromatic carbocycles. The van der Waals surface area contributed by atoms with Crippen LogP contribution in [0.2, 0.25) is 5.15 Å². The third kappa shape index (κ3) is 1.65. The summed E-state index contributed by atoms with van der Waals surface area (Å²) in [5, 5.41) is 21.3. The van der Waals surface area contributed by atoms with Crippen molar-refractivity contribution < 1.29 is 14.9 Å². The first-order valence-corrected chi connectivity index (χ1v) is 7.94. The Labute approximate surface area is 141 Å². The second-order valence-corrected chi connectivity index (χ2v) is 6.52. The van der Waals surface area contributed by atoms with E-state index in [0.29, 0.717) is 11.2 Å². The Kier molecular flexibility index (Phi) is 2.82. The van der Waals surface area contributed by atoms with Gasteiger partial charge in [-0.1, -0.05) is 35.9 Å². The maximum Gasteiger partial charge on any atom is 0.164 e. The fourth-order valence-electron chi connectivity index (χ4n) is 3.84. The molecular formula is C16H13ClN4O3. The third-order valence-electron chi connectivity index (χ3n) is 4.93. The van der Waals surface area contributed by atoms with E-state index in [2.05, 4.69) is 15.0 Å². The average molecular weight is 345 g/mol. The first kappa shape index (κ1) is 14.3. The smallest absolute Gasteiger partial charge is 0.164 e. The molecule has 4 heterocycles. The monoisotopic (exact) mass is 344 g/mol. The van der Waals surface area contributed by atoms with E-state index >= 15 is 0 Å². The molecule has 2 aromatic heterocycles. The van der Waals surface area contributed by atoms with Crippen LogP contribution in [0.15, 0.2) is 36.9 Å². The standard InChI is InChI=1S/C16H13ClN4O3/c17-14-10-15(19-6-18-14)21(7-20-10)5-16-9-4-2-1-3-8(9)12(24-16)11(22)13(16)23/h1-4,6-7,11-13,22-23H,5H2/t11-,12-,13-,16+/m1/s1. The summed E-state index contributed by atoms with van der Waals surface area (Å²) in [5.74, 6) is 0. The highest BCUT2D eigenvalue weighted by atomic mass is 35.5. The van der Waals surface area contributed by atoms with Crippen LogP contribution in [0.1, 0.15) is 17.2 Å². The number of hydrogen-bond acceptors (Lipinski definition) is 6. The van der Waals surface area contributed by atoms with Gasteiger partial charge in [0.2, 0.25) is 0 Å². The lowest BCUT2D eigenvalue weighted by molar-refractivity contribution is -0.0820. The first-order chi connectivity index (χ1) is 11.6. The molecule has 0 saturated carbocycles. The molecule has 2 aliphatic rings. The van der Waals surface area contributed by atoms with Crippen molar-refractivity contribution >= 4 is 22.8 Å². The van der Waals surface area contributed by atoms with Gasteiger partial charge < -0.3 is 19.5 Å². The van der Waals surface area contributed by atoms with Gasteiger partial charge in [-0.2, -0.15) is 0 Å². The lowest BCUT2D eigenvalue weighted by Crippen LogP contribution is -2.45. The summed E-state index contributed by atoms with van der Waals surface area (Å²) in [6.07, 6.45) is 0.438. The van der Waals surface area contributed by atoms with Crippen LogP contribution in [0.4, 0.5) is 0 Å². The van der Waals surface area contributed by atoms with Crippen molar-refractivity contribution in [1.29, 1.82) is 0 Å². The number of rotatable bonds is 2. The molecule has 2 bridgehead atoms. The lowest BCUT2D eigenvalue weighted by Gasteiger charge is -2.33. The van der Waals surface area contributed by atoms with Crippen LogP contribution < -0.4 is 0 Å². The Balaban J connectivity index is 1.66. The SMILES string of the molecule is O[C@@H]1[C@@H]2O[C@@](Cn3cnc4c(Cl)ncnc43)(c3ccccc32)[C@@H]1O. The zero-order chi connectivity index (χ0) is 16.5. The second-order valence-electron chi connectivity index (χ2n) is 6.16. The number of aromatic nitrogens is 4. The third-order valence-corrected chi connectivity index (χ3v) is 5.21. The van der Waals surface area contributed by atoms with E-state index in [-0.39, 0.29) is 11.7 Å². The Morgan fingerprint density at radius 1 is 1.21 bits per heavy atom. The molecule has 0 aliphatic carbocycles. The molecule has 1 fully saturated rings. The molecule has 0 spiro atoms. The molecule has 122 valence electrons. The van der Waals surface area contributed by atoms with Gasteiger partial charge in [0.15, 0.2) is 10.8 Å². The molecular weight excluding hydrogens is 332 g/mol. The molecule has 0 amide bonds. The van der Waals surface area contributed by atoms with Crippen LogP contribution >= 0.6 is 11.6 Å². The van der Waals surface area contributed by atoms with Crippen molar-refractivity contribution in [2.75, 3.05) is 0 Å². The number of imidazole rings is 1. The minimum absolute atomic E-state index is 0.266. The fourth-order valence-corrected chi connectivity index (χ4v) is 4.02. The van der Waals surface area contributed by atoms with Crippen molar-refractivity contribution in [1.82, 2.24) is 19.5 Å². The highest BCUT2D eigenvalue weighted by Crippen LogP contribution is 2.55. The van der Waals surface area contributed by atoms with Crippen LogP contribution in [0.3, 0.4) is 0 Å². The van der Waals surface area contributed by atoms with Gasteiger partial charge in [-0.3, -0.25) is 0 Å². The summed E-state index contributed by atoms with van der Waals surface area (Å²) in [7, 11) is 0. The zero-order valence-electron chi connectivity index (χ0n) is 12.4. The van der Waals surface area contributed by atoms with Gasteiger partial charge in [-0.25, -0.2) is 15.0 Å². The summed E-state index contributed by atoms with van der Waals surface area (Å²) >= 11 is 6.05. The second kappa shape index (κ2) is 4.73. The van der Waals surface area contributed by atoms with Gasteiger partial charge >= 0.3 is 0 Å². The topological polar surface area (TPSA) is 93.3 Å². The van der Waals surface area contributed by atoms with Crippen molar-refractivity contribution in [2.45, 2.75) is 30.5 Å². The summed E-state index contributed by atoms with van der Waals surface area (Å²) in [5.41, 5.74) is 1.81. The zero-order valence-corrected chi connectivity index (χ0v) is 13.1. The molecule has 4 atom stereocenters. The minimum Gasteiger partial charge on any atom is -0.387 e. The first-order valence-electron chi connectivity index (χ1n) is 7.56. The summed E-state index contributed by atoms with van der Waals surface area (Å²) < 4.78 is 7.85. The number of aliphatic hydroxyl groups excluding tert-OH is 2. The number of halogens is 1. The Morgan fingerprint density at radius 3 is 2.92 bits per heavy atom.